The number of nitrogens with one attached hydrogen (secondary N) is 3. The highest BCUT2D eigenvalue weighted by molar-refractivity contribution is 14.1. The van der Waals surface area contributed by atoms with Crippen LogP contribution >= 0.6 is 22.6 Å². The van der Waals surface area contributed by atoms with Gasteiger partial charge in [-0.1, -0.05) is 12.1 Å². The number of aryl methyl sites for hydroxylation is 2. The molecule has 0 bridgehead atoms. The lowest BCUT2D eigenvalue weighted by Gasteiger charge is -2.14. The smallest absolute Gasteiger partial charge is 0.329 e. The number of carbonyl (C=O) groups excluding carboxylic acids is 3. The molecule has 0 aliphatic heterocycles. The van der Waals surface area contributed by atoms with Gasteiger partial charge in [0.2, 0.25) is 0 Å². The first-order valence-corrected chi connectivity index (χ1v) is 13.9. The maximum absolute atomic E-state index is 12.5. The normalized spacial score (nSPS) is 10.6. The van der Waals surface area contributed by atoms with Crippen LogP contribution in [0.5, 0.6) is 23.0 Å². The lowest BCUT2D eigenvalue weighted by atomic mass is 10.1. The van der Waals surface area contributed by atoms with Gasteiger partial charge in [-0.25, -0.2) is 5.43 Å². The third-order valence-corrected chi connectivity index (χ3v) is 6.64. The standard InChI is InChI=1S/C30H33IN4O7/c1-18-10-19(2)12-22(11-18)34-27(36)17-42-28-23(31)13-21(15-26(28)41-5)16-33-35-30(38)29(37)32-9-8-20-6-7-24(39-3)25(14-20)40-4/h6-7,10-16H,8-9,17H2,1-5H3,(H,32,37)(H,34,36)(H,35,38)/b33-16-. The van der Waals surface area contributed by atoms with E-state index in [0.29, 0.717) is 44.2 Å². The summed E-state index contributed by atoms with van der Waals surface area (Å²) in [6.45, 7) is 3.94. The molecule has 0 radical (unpaired) electrons. The van der Waals surface area contributed by atoms with Gasteiger partial charge >= 0.3 is 11.8 Å². The van der Waals surface area contributed by atoms with Gasteiger partial charge in [0.15, 0.2) is 29.6 Å². The topological polar surface area (TPSA) is 137 Å². The summed E-state index contributed by atoms with van der Waals surface area (Å²) >= 11 is 2.05. The summed E-state index contributed by atoms with van der Waals surface area (Å²) in [5, 5.41) is 9.26. The van der Waals surface area contributed by atoms with E-state index in [1.54, 1.807) is 32.4 Å². The average Bonchev–Trinajstić information content (AvgIpc) is 2.95. The summed E-state index contributed by atoms with van der Waals surface area (Å²) in [5.74, 6) is -0.0809. The first-order chi connectivity index (χ1) is 20.1. The van der Waals surface area contributed by atoms with Gasteiger partial charge in [0.1, 0.15) is 0 Å². The molecule has 3 aromatic carbocycles. The molecule has 3 N–H and O–H groups in total. The summed E-state index contributed by atoms with van der Waals surface area (Å²) in [4.78, 5) is 36.8. The van der Waals surface area contributed by atoms with E-state index in [1.165, 1.54) is 13.3 Å². The van der Waals surface area contributed by atoms with E-state index in [2.05, 4.69) is 43.8 Å². The molecule has 0 fully saturated rings. The monoisotopic (exact) mass is 688 g/mol. The second-order valence-corrected chi connectivity index (χ2v) is 10.3. The molecule has 0 unspecified atom stereocenters. The van der Waals surface area contributed by atoms with Gasteiger partial charge in [-0.05, 0) is 102 Å². The van der Waals surface area contributed by atoms with Gasteiger partial charge in [-0.15, -0.1) is 0 Å². The van der Waals surface area contributed by atoms with Crippen LogP contribution in [0.2, 0.25) is 0 Å². The van der Waals surface area contributed by atoms with Crippen LogP contribution in [0.25, 0.3) is 0 Å². The number of amides is 3. The maximum atomic E-state index is 12.5. The first kappa shape index (κ1) is 32.2. The zero-order chi connectivity index (χ0) is 30.6. The second kappa shape index (κ2) is 15.6. The number of carbonyl (C=O) groups is 3. The molecule has 222 valence electrons. The van der Waals surface area contributed by atoms with E-state index in [1.807, 2.05) is 44.2 Å². The molecule has 0 saturated heterocycles. The van der Waals surface area contributed by atoms with E-state index in [4.69, 9.17) is 18.9 Å². The van der Waals surface area contributed by atoms with Crippen LogP contribution < -0.4 is 35.0 Å². The van der Waals surface area contributed by atoms with Crippen LogP contribution in [0.15, 0.2) is 53.6 Å². The lowest BCUT2D eigenvalue weighted by Crippen LogP contribution is -2.38. The van der Waals surface area contributed by atoms with Gasteiger partial charge in [-0.2, -0.15) is 5.10 Å². The fraction of sp³-hybridized carbons (Fsp3) is 0.267. The molecule has 0 aliphatic carbocycles. The van der Waals surface area contributed by atoms with Gasteiger partial charge in [0, 0.05) is 12.2 Å². The highest BCUT2D eigenvalue weighted by Crippen LogP contribution is 2.33. The van der Waals surface area contributed by atoms with Gasteiger partial charge in [0.05, 0.1) is 31.1 Å². The Kier molecular flexibility index (Phi) is 12.0. The molecule has 42 heavy (non-hydrogen) atoms. The molecule has 3 amide bonds. The van der Waals surface area contributed by atoms with E-state index < -0.39 is 11.8 Å². The van der Waals surface area contributed by atoms with Crippen LogP contribution in [-0.4, -0.2) is 58.4 Å². The maximum Gasteiger partial charge on any atom is 0.329 e. The van der Waals surface area contributed by atoms with Crippen molar-refractivity contribution in [2.75, 3.05) is 39.8 Å². The minimum atomic E-state index is -0.907. The van der Waals surface area contributed by atoms with E-state index >= 15 is 0 Å². The Balaban J connectivity index is 1.51. The van der Waals surface area contributed by atoms with Crippen molar-refractivity contribution >= 4 is 52.2 Å². The fourth-order valence-corrected chi connectivity index (χ4v) is 4.77. The molecular weight excluding hydrogens is 655 g/mol. The third-order valence-electron chi connectivity index (χ3n) is 5.84. The van der Waals surface area contributed by atoms with Crippen molar-refractivity contribution in [1.82, 2.24) is 10.7 Å². The number of rotatable bonds is 12. The highest BCUT2D eigenvalue weighted by Gasteiger charge is 2.15. The summed E-state index contributed by atoms with van der Waals surface area (Å²) in [6.07, 6.45) is 1.86. The molecule has 3 aromatic rings. The highest BCUT2D eigenvalue weighted by atomic mass is 127. The fourth-order valence-electron chi connectivity index (χ4n) is 3.99. The summed E-state index contributed by atoms with van der Waals surface area (Å²) in [5.41, 5.74) is 6.48. The molecule has 0 heterocycles. The predicted octanol–water partition coefficient (Wildman–Crippen LogP) is 3.76. The summed E-state index contributed by atoms with van der Waals surface area (Å²) < 4.78 is 22.3. The SMILES string of the molecule is COc1ccc(CCNC(=O)C(=O)N/N=C\c2cc(I)c(OCC(=O)Nc3cc(C)cc(C)c3)c(OC)c2)cc1OC. The lowest BCUT2D eigenvalue weighted by molar-refractivity contribution is -0.139. The van der Waals surface area contributed by atoms with E-state index in [-0.39, 0.29) is 19.1 Å². The number of ether oxygens (including phenoxy) is 4. The van der Waals surface area contributed by atoms with Crippen LogP contribution in [0.3, 0.4) is 0 Å². The Bertz CT molecular complexity index is 1460. The number of nitrogens with zero attached hydrogens (tertiary/aromatic N) is 1. The average molecular weight is 689 g/mol. The Labute approximate surface area is 258 Å². The molecule has 0 saturated carbocycles. The Morgan fingerprint density at radius 2 is 1.55 bits per heavy atom. The number of anilines is 1. The molecular formula is C30H33IN4O7. The van der Waals surface area contributed by atoms with Crippen molar-refractivity contribution in [3.63, 3.8) is 0 Å². The second-order valence-electron chi connectivity index (χ2n) is 9.14. The van der Waals surface area contributed by atoms with Crippen molar-refractivity contribution in [2.45, 2.75) is 20.3 Å². The summed E-state index contributed by atoms with van der Waals surface area (Å²) in [7, 11) is 4.57. The van der Waals surface area contributed by atoms with Gasteiger partial charge < -0.3 is 29.6 Å². The zero-order valence-corrected chi connectivity index (χ0v) is 26.2. The van der Waals surface area contributed by atoms with E-state index in [9.17, 15) is 14.4 Å². The van der Waals surface area contributed by atoms with Crippen molar-refractivity contribution in [2.24, 2.45) is 5.10 Å². The first-order valence-electron chi connectivity index (χ1n) is 12.8. The van der Waals surface area contributed by atoms with Crippen molar-refractivity contribution in [3.05, 3.63) is 74.4 Å². The third kappa shape index (κ3) is 9.36. The van der Waals surface area contributed by atoms with Crippen LogP contribution in [0.1, 0.15) is 22.3 Å². The van der Waals surface area contributed by atoms with Crippen LogP contribution in [0.4, 0.5) is 5.69 Å². The minimum Gasteiger partial charge on any atom is -0.493 e. The molecule has 0 spiro atoms. The number of benzene rings is 3. The Hall–Kier alpha value is -4.33. The van der Waals surface area contributed by atoms with Crippen molar-refractivity contribution in [1.29, 1.82) is 0 Å². The van der Waals surface area contributed by atoms with Gasteiger partial charge in [0.25, 0.3) is 5.91 Å². The molecule has 12 heteroatoms. The molecule has 0 aliphatic rings. The van der Waals surface area contributed by atoms with Crippen molar-refractivity contribution < 1.29 is 33.3 Å². The van der Waals surface area contributed by atoms with Crippen LogP contribution in [0, 0.1) is 17.4 Å². The molecule has 3 rings (SSSR count). The zero-order valence-electron chi connectivity index (χ0n) is 24.0. The van der Waals surface area contributed by atoms with E-state index in [0.717, 1.165) is 16.7 Å². The Morgan fingerprint density at radius 1 is 0.857 bits per heavy atom. The largest absolute Gasteiger partial charge is 0.493 e. The molecule has 0 aromatic heterocycles. The van der Waals surface area contributed by atoms with Crippen LogP contribution in [-0.2, 0) is 20.8 Å². The number of hydrogen-bond acceptors (Lipinski definition) is 8. The quantitative estimate of drug-likeness (QED) is 0.114. The number of methoxy groups -OCH3 is 3. The molecule has 0 atom stereocenters. The predicted molar refractivity (Wildman–Crippen MR) is 168 cm³/mol. The number of halogens is 1. The minimum absolute atomic E-state index is 0.218. The number of hydrazone groups is 1. The summed E-state index contributed by atoms with van der Waals surface area (Å²) in [6, 6.07) is 14.6. The Morgan fingerprint density at radius 3 is 2.21 bits per heavy atom. The van der Waals surface area contributed by atoms with Crippen molar-refractivity contribution in [3.8, 4) is 23.0 Å². The number of hydrogen-bond donors (Lipinski definition) is 3. The molecule has 11 nitrogen and oxygen atoms in total. The van der Waals surface area contributed by atoms with Gasteiger partial charge in [-0.3, -0.25) is 14.4 Å².